The van der Waals surface area contributed by atoms with Gasteiger partial charge in [-0.3, -0.25) is 14.5 Å². The smallest absolute Gasteiger partial charge is 0.320 e. The van der Waals surface area contributed by atoms with Gasteiger partial charge in [0.15, 0.2) is 0 Å². The van der Waals surface area contributed by atoms with Crippen LogP contribution in [-0.4, -0.2) is 49.2 Å². The van der Waals surface area contributed by atoms with Crippen LogP contribution in [0.2, 0.25) is 0 Å². The second-order valence-corrected chi connectivity index (χ2v) is 12.1. The molecule has 0 N–H and O–H groups in total. The van der Waals surface area contributed by atoms with E-state index in [0.29, 0.717) is 6.54 Å². The molecule has 0 saturated carbocycles. The summed E-state index contributed by atoms with van der Waals surface area (Å²) in [7, 11) is 0. The van der Waals surface area contributed by atoms with Crippen LogP contribution in [-0.2, 0) is 19.1 Å². The predicted octanol–water partition coefficient (Wildman–Crippen LogP) is 9.41. The third-order valence-corrected chi connectivity index (χ3v) is 8.29. The van der Waals surface area contributed by atoms with Gasteiger partial charge in [-0.25, -0.2) is 0 Å². The lowest BCUT2D eigenvalue weighted by Gasteiger charge is -2.22. The van der Waals surface area contributed by atoms with Gasteiger partial charge in [-0.15, -0.1) is 0 Å². The van der Waals surface area contributed by atoms with Crippen LogP contribution in [0.1, 0.15) is 168 Å². The minimum absolute atomic E-state index is 0.0166. The molecule has 0 aliphatic carbocycles. The maximum Gasteiger partial charge on any atom is 0.320 e. The molecule has 1 aliphatic rings. The SMILES string of the molecule is CCCCCCCCCCC(COC(=O)C(CCCCCC)CCCCCCCC)OC(=O)CN1CCCC1. The first-order valence-electron chi connectivity index (χ1n) is 17.2. The van der Waals surface area contributed by atoms with Crippen molar-refractivity contribution in [3.63, 3.8) is 0 Å². The average Bonchev–Trinajstić information content (AvgIpc) is 3.44. The van der Waals surface area contributed by atoms with Crippen LogP contribution in [0.15, 0.2) is 0 Å². The van der Waals surface area contributed by atoms with E-state index in [4.69, 9.17) is 9.47 Å². The molecule has 1 aliphatic heterocycles. The number of carbonyl (C=O) groups is 2. The number of likely N-dealkylation sites (tertiary alicyclic amines) is 1. The number of hydrogen-bond donors (Lipinski definition) is 0. The van der Waals surface area contributed by atoms with Crippen molar-refractivity contribution in [3.8, 4) is 0 Å². The van der Waals surface area contributed by atoms with E-state index in [0.717, 1.165) is 70.9 Å². The first-order chi connectivity index (χ1) is 19.1. The number of hydrogen-bond acceptors (Lipinski definition) is 5. The lowest BCUT2D eigenvalue weighted by molar-refractivity contribution is -0.162. The Labute approximate surface area is 242 Å². The standard InChI is InChI=1S/C34H65NO4/c1-4-7-10-13-15-16-18-21-26-32(39-33(36)29-35-27-22-23-28-35)30-38-34(37)31(24-19-12-9-6-3)25-20-17-14-11-8-5-2/h31-32H,4-30H2,1-3H3. The summed E-state index contributed by atoms with van der Waals surface area (Å²) in [4.78, 5) is 28.0. The van der Waals surface area contributed by atoms with E-state index in [1.165, 1.54) is 89.9 Å². The fraction of sp³-hybridized carbons (Fsp3) is 0.941. The summed E-state index contributed by atoms with van der Waals surface area (Å²) in [5, 5.41) is 0. The zero-order valence-electron chi connectivity index (χ0n) is 26.3. The molecular formula is C34H65NO4. The molecule has 0 aromatic heterocycles. The van der Waals surface area contributed by atoms with Crippen molar-refractivity contribution in [2.45, 2.75) is 175 Å². The van der Waals surface area contributed by atoms with Crippen LogP contribution in [0, 0.1) is 5.92 Å². The average molecular weight is 552 g/mol. The van der Waals surface area contributed by atoms with E-state index < -0.39 is 0 Å². The van der Waals surface area contributed by atoms with E-state index >= 15 is 0 Å². The van der Waals surface area contributed by atoms with Crippen LogP contribution in [0.5, 0.6) is 0 Å². The highest BCUT2D eigenvalue weighted by Gasteiger charge is 2.24. The first-order valence-corrected chi connectivity index (χ1v) is 17.2. The van der Waals surface area contributed by atoms with Crippen molar-refractivity contribution in [1.82, 2.24) is 4.90 Å². The molecule has 1 fully saturated rings. The van der Waals surface area contributed by atoms with Gasteiger partial charge in [0.1, 0.15) is 12.7 Å². The summed E-state index contributed by atoms with van der Waals surface area (Å²) in [6, 6.07) is 0. The van der Waals surface area contributed by atoms with Crippen molar-refractivity contribution < 1.29 is 19.1 Å². The molecule has 0 aromatic rings. The Balaban J connectivity index is 2.54. The quantitative estimate of drug-likeness (QED) is 0.0751. The third-order valence-electron chi connectivity index (χ3n) is 8.29. The van der Waals surface area contributed by atoms with Crippen LogP contribution < -0.4 is 0 Å². The van der Waals surface area contributed by atoms with Gasteiger partial charge in [0, 0.05) is 0 Å². The zero-order valence-corrected chi connectivity index (χ0v) is 26.3. The van der Waals surface area contributed by atoms with Crippen LogP contribution in [0.3, 0.4) is 0 Å². The molecule has 0 radical (unpaired) electrons. The normalized spacial score (nSPS) is 15.4. The monoisotopic (exact) mass is 551 g/mol. The first kappa shape index (κ1) is 35.9. The topological polar surface area (TPSA) is 55.8 Å². The van der Waals surface area contributed by atoms with E-state index in [1.807, 2.05) is 0 Å². The molecule has 39 heavy (non-hydrogen) atoms. The summed E-state index contributed by atoms with van der Waals surface area (Å²) >= 11 is 0. The molecule has 2 atom stereocenters. The highest BCUT2D eigenvalue weighted by atomic mass is 16.6. The second-order valence-electron chi connectivity index (χ2n) is 12.1. The molecule has 0 aromatic carbocycles. The summed E-state index contributed by atoms with van der Waals surface area (Å²) < 4.78 is 11.8. The van der Waals surface area contributed by atoms with Gasteiger partial charge >= 0.3 is 11.9 Å². The molecule has 1 rings (SSSR count). The Kier molecular flexibility index (Phi) is 23.8. The van der Waals surface area contributed by atoms with Gasteiger partial charge in [-0.05, 0) is 51.6 Å². The number of esters is 2. The van der Waals surface area contributed by atoms with Gasteiger partial charge in [0.2, 0.25) is 0 Å². The van der Waals surface area contributed by atoms with Crippen LogP contribution in [0.4, 0.5) is 0 Å². The molecule has 5 nitrogen and oxygen atoms in total. The summed E-state index contributed by atoms with van der Waals surface area (Å²) in [6.07, 6.45) is 26.7. The zero-order chi connectivity index (χ0) is 28.4. The van der Waals surface area contributed by atoms with Gasteiger partial charge in [-0.2, -0.15) is 0 Å². The molecule has 2 unspecified atom stereocenters. The Morgan fingerprint density at radius 3 is 1.56 bits per heavy atom. The van der Waals surface area contributed by atoms with Crippen LogP contribution >= 0.6 is 0 Å². The van der Waals surface area contributed by atoms with E-state index in [2.05, 4.69) is 25.7 Å². The predicted molar refractivity (Wildman–Crippen MR) is 164 cm³/mol. The molecular weight excluding hydrogens is 486 g/mol. The summed E-state index contributed by atoms with van der Waals surface area (Å²) in [5.41, 5.74) is 0. The number of unbranched alkanes of at least 4 members (excludes halogenated alkanes) is 15. The lowest BCUT2D eigenvalue weighted by Crippen LogP contribution is -2.33. The second kappa shape index (κ2) is 25.8. The minimum Gasteiger partial charge on any atom is -0.462 e. The highest BCUT2D eigenvalue weighted by molar-refractivity contribution is 5.73. The molecule has 0 spiro atoms. The summed E-state index contributed by atoms with van der Waals surface area (Å²) in [6.45, 7) is 9.24. The molecule has 0 bridgehead atoms. The number of carbonyl (C=O) groups excluding carboxylic acids is 2. The Morgan fingerprint density at radius 1 is 0.615 bits per heavy atom. The third kappa shape index (κ3) is 20.4. The maximum absolute atomic E-state index is 13.2. The van der Waals surface area contributed by atoms with Gasteiger partial charge in [0.05, 0.1) is 12.5 Å². The minimum atomic E-state index is -0.320. The van der Waals surface area contributed by atoms with E-state index in [1.54, 1.807) is 0 Å². The lowest BCUT2D eigenvalue weighted by atomic mass is 9.94. The maximum atomic E-state index is 13.2. The Morgan fingerprint density at radius 2 is 1.05 bits per heavy atom. The molecule has 5 heteroatoms. The molecule has 230 valence electrons. The van der Waals surface area contributed by atoms with Crippen molar-refractivity contribution in [1.29, 1.82) is 0 Å². The molecule has 1 heterocycles. The fourth-order valence-corrected chi connectivity index (χ4v) is 5.69. The molecule has 1 saturated heterocycles. The van der Waals surface area contributed by atoms with Crippen molar-refractivity contribution in [3.05, 3.63) is 0 Å². The van der Waals surface area contributed by atoms with Gasteiger partial charge in [-0.1, -0.05) is 130 Å². The van der Waals surface area contributed by atoms with Crippen molar-refractivity contribution in [2.24, 2.45) is 5.92 Å². The number of ether oxygens (including phenoxy) is 2. The van der Waals surface area contributed by atoms with Gasteiger partial charge < -0.3 is 9.47 Å². The Hall–Kier alpha value is -1.10. The van der Waals surface area contributed by atoms with Crippen molar-refractivity contribution in [2.75, 3.05) is 26.2 Å². The highest BCUT2D eigenvalue weighted by Crippen LogP contribution is 2.21. The van der Waals surface area contributed by atoms with E-state index in [9.17, 15) is 9.59 Å². The number of rotatable bonds is 27. The van der Waals surface area contributed by atoms with E-state index in [-0.39, 0.29) is 30.6 Å². The molecule has 0 amide bonds. The largest absolute Gasteiger partial charge is 0.462 e. The summed E-state index contributed by atoms with van der Waals surface area (Å²) in [5.74, 6) is -0.255. The van der Waals surface area contributed by atoms with Gasteiger partial charge in [0.25, 0.3) is 0 Å². The number of nitrogens with zero attached hydrogens (tertiary/aromatic N) is 1. The Bertz CT molecular complexity index is 576. The van der Waals surface area contributed by atoms with Crippen molar-refractivity contribution >= 4 is 11.9 Å². The fourth-order valence-electron chi connectivity index (χ4n) is 5.69. The van der Waals surface area contributed by atoms with Crippen LogP contribution in [0.25, 0.3) is 0 Å².